The summed E-state index contributed by atoms with van der Waals surface area (Å²) in [6.07, 6.45) is 1.39. The van der Waals surface area contributed by atoms with Crippen molar-refractivity contribution in [2.24, 2.45) is 0 Å². The number of hydrogen-bond acceptors (Lipinski definition) is 5. The van der Waals surface area contributed by atoms with E-state index in [1.54, 1.807) is 31.2 Å². The number of halogens is 2. The highest BCUT2D eigenvalue weighted by Crippen LogP contribution is 2.36. The summed E-state index contributed by atoms with van der Waals surface area (Å²) in [7, 11) is 1.50. The number of barbiturate groups is 1. The van der Waals surface area contributed by atoms with Crippen LogP contribution in [0.5, 0.6) is 11.5 Å². The van der Waals surface area contributed by atoms with Crippen LogP contribution in [0.25, 0.3) is 6.08 Å². The van der Waals surface area contributed by atoms with E-state index in [9.17, 15) is 14.4 Å². The fourth-order valence-corrected chi connectivity index (χ4v) is 4.16. The lowest BCUT2D eigenvalue weighted by atomic mass is 10.1. The van der Waals surface area contributed by atoms with Crippen LogP contribution in [0, 0.1) is 13.8 Å². The number of nitrogens with one attached hydrogen (secondary N) is 1. The van der Waals surface area contributed by atoms with Crippen LogP contribution in [-0.2, 0) is 16.2 Å². The predicted octanol–water partition coefficient (Wildman–Crippen LogP) is 5.97. The lowest BCUT2D eigenvalue weighted by Crippen LogP contribution is -2.54. The van der Waals surface area contributed by atoms with E-state index in [2.05, 4.69) is 21.2 Å². The zero-order chi connectivity index (χ0) is 26.0. The fraction of sp³-hybridized carbons (Fsp3) is 0.148. The molecule has 1 aliphatic heterocycles. The maximum absolute atomic E-state index is 13.2. The molecular weight excluding hydrogens is 548 g/mol. The van der Waals surface area contributed by atoms with Crippen molar-refractivity contribution in [2.45, 2.75) is 20.5 Å². The maximum atomic E-state index is 13.2. The molecule has 0 aliphatic carbocycles. The van der Waals surface area contributed by atoms with Crippen LogP contribution in [0.15, 0.2) is 64.6 Å². The molecule has 0 spiro atoms. The Morgan fingerprint density at radius 1 is 1.00 bits per heavy atom. The molecule has 3 aromatic carbocycles. The standard InChI is InChI=1S/C27H22BrClN2O5/c1-15-4-7-17(8-5-15)14-36-24-13-21(28)18(11-23(24)35-3)10-20-25(32)30-27(34)31(26(20)33)19-9-6-16(2)22(29)12-19/h4-13H,14H2,1-3H3,(H,30,32,34)/b20-10-. The van der Waals surface area contributed by atoms with Crippen molar-refractivity contribution in [1.82, 2.24) is 5.32 Å². The van der Waals surface area contributed by atoms with Crippen LogP contribution in [0.3, 0.4) is 0 Å². The molecule has 1 N–H and O–H groups in total. The van der Waals surface area contributed by atoms with Crippen LogP contribution in [0.1, 0.15) is 22.3 Å². The van der Waals surface area contributed by atoms with E-state index in [4.69, 9.17) is 21.1 Å². The molecule has 7 nitrogen and oxygen atoms in total. The SMILES string of the molecule is COc1cc(/C=C2/C(=O)NC(=O)N(c3ccc(C)c(Cl)c3)C2=O)c(Br)cc1OCc1ccc(C)cc1. The molecule has 0 aromatic heterocycles. The molecule has 0 unspecified atom stereocenters. The molecule has 3 aromatic rings. The minimum absolute atomic E-state index is 0.220. The maximum Gasteiger partial charge on any atom is 0.335 e. The highest BCUT2D eigenvalue weighted by molar-refractivity contribution is 9.10. The molecule has 1 saturated heterocycles. The third-order valence-corrected chi connectivity index (χ3v) is 6.71. The Morgan fingerprint density at radius 3 is 2.39 bits per heavy atom. The third kappa shape index (κ3) is 5.29. The first-order valence-corrected chi connectivity index (χ1v) is 12.1. The van der Waals surface area contributed by atoms with Gasteiger partial charge in [-0.2, -0.15) is 0 Å². The first-order valence-electron chi connectivity index (χ1n) is 10.9. The number of anilines is 1. The second kappa shape index (κ2) is 10.6. The summed E-state index contributed by atoms with van der Waals surface area (Å²) in [5.41, 5.74) is 3.46. The first kappa shape index (κ1) is 25.5. The number of methoxy groups -OCH3 is 1. The zero-order valence-electron chi connectivity index (χ0n) is 19.7. The minimum atomic E-state index is -0.849. The molecule has 0 radical (unpaired) electrons. The van der Waals surface area contributed by atoms with E-state index in [0.29, 0.717) is 33.2 Å². The fourth-order valence-electron chi connectivity index (χ4n) is 3.55. The lowest BCUT2D eigenvalue weighted by molar-refractivity contribution is -0.122. The number of imide groups is 2. The van der Waals surface area contributed by atoms with E-state index in [1.165, 1.54) is 19.3 Å². The Bertz CT molecular complexity index is 1400. The summed E-state index contributed by atoms with van der Waals surface area (Å²) >= 11 is 9.66. The summed E-state index contributed by atoms with van der Waals surface area (Å²) in [4.78, 5) is 39.2. The van der Waals surface area contributed by atoms with Crippen LogP contribution in [0.2, 0.25) is 5.02 Å². The van der Waals surface area contributed by atoms with Gasteiger partial charge in [0, 0.05) is 9.50 Å². The van der Waals surface area contributed by atoms with Gasteiger partial charge in [-0.3, -0.25) is 14.9 Å². The topological polar surface area (TPSA) is 84.9 Å². The van der Waals surface area contributed by atoms with Gasteiger partial charge in [0.1, 0.15) is 12.2 Å². The highest BCUT2D eigenvalue weighted by atomic mass is 79.9. The Morgan fingerprint density at radius 2 is 1.72 bits per heavy atom. The van der Waals surface area contributed by atoms with Crippen molar-refractivity contribution in [3.63, 3.8) is 0 Å². The number of aryl methyl sites for hydroxylation is 2. The number of ether oxygens (including phenoxy) is 2. The van der Waals surface area contributed by atoms with Gasteiger partial charge in [-0.15, -0.1) is 0 Å². The van der Waals surface area contributed by atoms with E-state index >= 15 is 0 Å². The zero-order valence-corrected chi connectivity index (χ0v) is 22.1. The van der Waals surface area contributed by atoms with E-state index in [1.807, 2.05) is 31.2 Å². The number of carbonyl (C=O) groups is 3. The Labute approximate surface area is 221 Å². The van der Waals surface area contributed by atoms with Crippen molar-refractivity contribution in [1.29, 1.82) is 0 Å². The van der Waals surface area contributed by atoms with Crippen molar-refractivity contribution in [3.05, 3.63) is 91.9 Å². The summed E-state index contributed by atoms with van der Waals surface area (Å²) in [5, 5.41) is 2.60. The van der Waals surface area contributed by atoms with Crippen molar-refractivity contribution < 1.29 is 23.9 Å². The number of benzene rings is 3. The molecule has 0 saturated carbocycles. The average Bonchev–Trinajstić information content (AvgIpc) is 2.84. The normalized spacial score (nSPS) is 14.8. The van der Waals surface area contributed by atoms with Crippen LogP contribution < -0.4 is 19.7 Å². The van der Waals surface area contributed by atoms with Gasteiger partial charge in [-0.1, -0.05) is 63.4 Å². The molecule has 36 heavy (non-hydrogen) atoms. The van der Waals surface area contributed by atoms with Gasteiger partial charge in [0.25, 0.3) is 11.8 Å². The second-order valence-electron chi connectivity index (χ2n) is 8.19. The summed E-state index contributed by atoms with van der Waals surface area (Å²) in [6.45, 7) is 4.15. The number of amides is 4. The number of nitrogens with zero attached hydrogens (tertiary/aromatic N) is 1. The summed E-state index contributed by atoms with van der Waals surface area (Å²) in [5.74, 6) is -0.670. The molecule has 4 amide bonds. The lowest BCUT2D eigenvalue weighted by Gasteiger charge is -2.26. The van der Waals surface area contributed by atoms with Crippen molar-refractivity contribution >= 4 is 57.1 Å². The quantitative estimate of drug-likeness (QED) is 0.292. The van der Waals surface area contributed by atoms with Gasteiger partial charge in [-0.25, -0.2) is 9.69 Å². The van der Waals surface area contributed by atoms with Gasteiger partial charge in [-0.05, 0) is 60.9 Å². The van der Waals surface area contributed by atoms with Gasteiger partial charge in [0.15, 0.2) is 11.5 Å². The van der Waals surface area contributed by atoms with Gasteiger partial charge in [0.2, 0.25) is 0 Å². The molecule has 1 heterocycles. The largest absolute Gasteiger partial charge is 0.493 e. The highest BCUT2D eigenvalue weighted by Gasteiger charge is 2.37. The van der Waals surface area contributed by atoms with E-state index < -0.39 is 17.8 Å². The molecule has 0 bridgehead atoms. The predicted molar refractivity (Wildman–Crippen MR) is 141 cm³/mol. The molecule has 9 heteroatoms. The van der Waals surface area contributed by atoms with Crippen LogP contribution in [-0.4, -0.2) is 25.0 Å². The molecule has 184 valence electrons. The van der Waals surface area contributed by atoms with Gasteiger partial charge >= 0.3 is 6.03 Å². The van der Waals surface area contributed by atoms with E-state index in [-0.39, 0.29) is 11.3 Å². The van der Waals surface area contributed by atoms with Crippen molar-refractivity contribution in [3.8, 4) is 11.5 Å². The average molecular weight is 570 g/mol. The molecule has 1 aliphatic rings. The number of urea groups is 1. The smallest absolute Gasteiger partial charge is 0.335 e. The van der Waals surface area contributed by atoms with E-state index in [0.717, 1.165) is 21.6 Å². The number of hydrogen-bond donors (Lipinski definition) is 1. The monoisotopic (exact) mass is 568 g/mol. The molecule has 4 rings (SSSR count). The number of carbonyl (C=O) groups excluding carboxylic acids is 3. The van der Waals surface area contributed by atoms with Crippen LogP contribution in [0.4, 0.5) is 10.5 Å². The first-order chi connectivity index (χ1) is 17.2. The van der Waals surface area contributed by atoms with Gasteiger partial charge in [0.05, 0.1) is 12.8 Å². The Balaban J connectivity index is 1.64. The summed E-state index contributed by atoms with van der Waals surface area (Å²) in [6, 6.07) is 15.3. The molecular formula is C27H22BrClN2O5. The molecule has 0 atom stereocenters. The molecule has 1 fully saturated rings. The minimum Gasteiger partial charge on any atom is -0.493 e. The summed E-state index contributed by atoms with van der Waals surface area (Å²) < 4.78 is 12.0. The van der Waals surface area contributed by atoms with Crippen LogP contribution >= 0.6 is 27.5 Å². The Kier molecular flexibility index (Phi) is 7.47. The third-order valence-electron chi connectivity index (χ3n) is 5.61. The van der Waals surface area contributed by atoms with Crippen molar-refractivity contribution in [2.75, 3.05) is 12.0 Å². The van der Waals surface area contributed by atoms with Gasteiger partial charge < -0.3 is 9.47 Å². The Hall–Kier alpha value is -3.62. The second-order valence-corrected chi connectivity index (χ2v) is 9.45. The number of rotatable bonds is 6.